The molecule has 0 aliphatic carbocycles. The maximum atomic E-state index is 13.8. The first-order chi connectivity index (χ1) is 8.24. The SMILES string of the molecule is CN(c1ccccc1)c1c(F)cccc1C=O. The molecule has 0 N–H and O–H groups in total. The van der Waals surface area contributed by atoms with Crippen molar-refractivity contribution >= 4 is 17.7 Å². The Bertz CT molecular complexity index is 525. The van der Waals surface area contributed by atoms with Crippen LogP contribution in [0.5, 0.6) is 0 Å². The van der Waals surface area contributed by atoms with Crippen LogP contribution in [0.25, 0.3) is 0 Å². The Hall–Kier alpha value is -2.16. The summed E-state index contributed by atoms with van der Waals surface area (Å²) in [6.07, 6.45) is 0.665. The maximum Gasteiger partial charge on any atom is 0.152 e. The van der Waals surface area contributed by atoms with E-state index in [-0.39, 0.29) is 0 Å². The molecule has 0 spiro atoms. The highest BCUT2D eigenvalue weighted by Crippen LogP contribution is 2.28. The number of rotatable bonds is 3. The Morgan fingerprint density at radius 2 is 1.76 bits per heavy atom. The third kappa shape index (κ3) is 2.18. The van der Waals surface area contributed by atoms with Gasteiger partial charge in [-0.05, 0) is 24.3 Å². The molecule has 0 aliphatic rings. The standard InChI is InChI=1S/C14H12FNO/c1-16(12-7-3-2-4-8-12)14-11(10-17)6-5-9-13(14)15/h2-10H,1H3. The van der Waals surface area contributed by atoms with Gasteiger partial charge in [-0.2, -0.15) is 0 Å². The van der Waals surface area contributed by atoms with Crippen LogP contribution < -0.4 is 4.90 Å². The molecule has 0 atom stereocenters. The van der Waals surface area contributed by atoms with Crippen LogP contribution in [0.4, 0.5) is 15.8 Å². The number of para-hydroxylation sites is 2. The van der Waals surface area contributed by atoms with Gasteiger partial charge in [0.1, 0.15) is 5.82 Å². The predicted molar refractivity (Wildman–Crippen MR) is 66.3 cm³/mol. The van der Waals surface area contributed by atoms with Crippen molar-refractivity contribution in [3.8, 4) is 0 Å². The zero-order chi connectivity index (χ0) is 12.3. The predicted octanol–water partition coefficient (Wildman–Crippen LogP) is 3.41. The molecule has 3 heteroatoms. The summed E-state index contributed by atoms with van der Waals surface area (Å²) in [4.78, 5) is 12.6. The molecule has 0 unspecified atom stereocenters. The van der Waals surface area contributed by atoms with Crippen LogP contribution in [0.2, 0.25) is 0 Å². The molecule has 2 rings (SSSR count). The number of anilines is 2. The van der Waals surface area contributed by atoms with Gasteiger partial charge in [-0.25, -0.2) is 4.39 Å². The summed E-state index contributed by atoms with van der Waals surface area (Å²) in [5.74, 6) is -0.402. The van der Waals surface area contributed by atoms with Crippen molar-refractivity contribution in [2.45, 2.75) is 0 Å². The van der Waals surface area contributed by atoms with Crippen LogP contribution in [-0.4, -0.2) is 13.3 Å². The van der Waals surface area contributed by atoms with E-state index in [1.807, 2.05) is 30.3 Å². The lowest BCUT2D eigenvalue weighted by Crippen LogP contribution is -2.13. The first-order valence-corrected chi connectivity index (χ1v) is 5.26. The average molecular weight is 229 g/mol. The minimum absolute atomic E-state index is 0.300. The van der Waals surface area contributed by atoms with Crippen LogP contribution >= 0.6 is 0 Å². The second-order valence-electron chi connectivity index (χ2n) is 3.69. The van der Waals surface area contributed by atoms with E-state index in [2.05, 4.69) is 0 Å². The van der Waals surface area contributed by atoms with Crippen LogP contribution in [0.3, 0.4) is 0 Å². The third-order valence-corrected chi connectivity index (χ3v) is 2.62. The highest BCUT2D eigenvalue weighted by molar-refractivity contribution is 5.86. The van der Waals surface area contributed by atoms with Gasteiger partial charge in [-0.1, -0.05) is 24.3 Å². The van der Waals surface area contributed by atoms with E-state index in [1.165, 1.54) is 12.1 Å². The van der Waals surface area contributed by atoms with E-state index in [1.54, 1.807) is 18.0 Å². The van der Waals surface area contributed by atoms with Crippen LogP contribution in [0.15, 0.2) is 48.5 Å². The van der Waals surface area contributed by atoms with Crippen molar-refractivity contribution in [3.05, 3.63) is 59.9 Å². The van der Waals surface area contributed by atoms with Gasteiger partial charge in [0.25, 0.3) is 0 Å². The first-order valence-electron chi connectivity index (χ1n) is 5.26. The highest BCUT2D eigenvalue weighted by atomic mass is 19.1. The number of halogens is 1. The van der Waals surface area contributed by atoms with E-state index < -0.39 is 5.82 Å². The number of nitrogens with zero attached hydrogens (tertiary/aromatic N) is 1. The summed E-state index contributed by atoms with van der Waals surface area (Å²) in [6.45, 7) is 0. The maximum absolute atomic E-state index is 13.8. The monoisotopic (exact) mass is 229 g/mol. The van der Waals surface area contributed by atoms with Gasteiger partial charge in [0.15, 0.2) is 6.29 Å². The number of carbonyl (C=O) groups is 1. The zero-order valence-electron chi connectivity index (χ0n) is 9.43. The molecule has 0 bridgehead atoms. The van der Waals surface area contributed by atoms with Crippen LogP contribution in [-0.2, 0) is 0 Å². The number of carbonyl (C=O) groups excluding carboxylic acids is 1. The minimum atomic E-state index is -0.402. The number of aldehydes is 1. The second-order valence-corrected chi connectivity index (χ2v) is 3.69. The molecule has 0 amide bonds. The van der Waals surface area contributed by atoms with E-state index >= 15 is 0 Å². The van der Waals surface area contributed by atoms with E-state index in [4.69, 9.17) is 0 Å². The molecule has 2 nitrogen and oxygen atoms in total. The molecule has 0 fully saturated rings. The van der Waals surface area contributed by atoms with Gasteiger partial charge >= 0.3 is 0 Å². The Morgan fingerprint density at radius 3 is 2.41 bits per heavy atom. The largest absolute Gasteiger partial charge is 0.342 e. The lowest BCUT2D eigenvalue weighted by Gasteiger charge is -2.21. The molecule has 0 aliphatic heterocycles. The summed E-state index contributed by atoms with van der Waals surface area (Å²) in [5.41, 5.74) is 1.48. The van der Waals surface area contributed by atoms with Gasteiger partial charge in [-0.3, -0.25) is 4.79 Å². The fourth-order valence-corrected chi connectivity index (χ4v) is 1.76. The fourth-order valence-electron chi connectivity index (χ4n) is 1.76. The lowest BCUT2D eigenvalue weighted by molar-refractivity contribution is 0.112. The zero-order valence-corrected chi connectivity index (χ0v) is 9.43. The smallest absolute Gasteiger partial charge is 0.152 e. The van der Waals surface area contributed by atoms with E-state index in [9.17, 15) is 9.18 Å². The van der Waals surface area contributed by atoms with E-state index in [0.717, 1.165) is 5.69 Å². The molecule has 2 aromatic rings. The second kappa shape index (κ2) is 4.78. The van der Waals surface area contributed by atoms with Crippen molar-refractivity contribution in [1.29, 1.82) is 0 Å². The lowest BCUT2D eigenvalue weighted by atomic mass is 10.1. The van der Waals surface area contributed by atoms with Gasteiger partial charge in [0.2, 0.25) is 0 Å². The summed E-state index contributed by atoms with van der Waals surface area (Å²) in [6, 6.07) is 13.8. The van der Waals surface area contributed by atoms with Crippen LogP contribution in [0, 0.1) is 5.82 Å². The van der Waals surface area contributed by atoms with Gasteiger partial charge < -0.3 is 4.90 Å². The summed E-state index contributed by atoms with van der Waals surface area (Å²) >= 11 is 0. The van der Waals surface area contributed by atoms with Crippen molar-refractivity contribution in [2.24, 2.45) is 0 Å². The van der Waals surface area contributed by atoms with Crippen LogP contribution in [0.1, 0.15) is 10.4 Å². The van der Waals surface area contributed by atoms with E-state index in [0.29, 0.717) is 17.5 Å². The molecular weight excluding hydrogens is 217 g/mol. The molecule has 86 valence electrons. The Morgan fingerprint density at radius 1 is 1.06 bits per heavy atom. The van der Waals surface area contributed by atoms with Gasteiger partial charge in [0.05, 0.1) is 5.69 Å². The molecule has 0 radical (unpaired) electrons. The Labute approximate surface area is 99.3 Å². The highest BCUT2D eigenvalue weighted by Gasteiger charge is 2.13. The molecule has 2 aromatic carbocycles. The first kappa shape index (κ1) is 11.3. The van der Waals surface area contributed by atoms with Crippen molar-refractivity contribution < 1.29 is 9.18 Å². The minimum Gasteiger partial charge on any atom is -0.342 e. The van der Waals surface area contributed by atoms with Gasteiger partial charge in [-0.15, -0.1) is 0 Å². The molecular formula is C14H12FNO. The number of hydrogen-bond donors (Lipinski definition) is 0. The summed E-state index contributed by atoms with van der Waals surface area (Å²) in [5, 5.41) is 0. The number of hydrogen-bond acceptors (Lipinski definition) is 2. The Kier molecular flexibility index (Phi) is 3.19. The van der Waals surface area contributed by atoms with Crippen molar-refractivity contribution in [3.63, 3.8) is 0 Å². The molecule has 0 saturated carbocycles. The summed E-state index contributed by atoms with van der Waals surface area (Å²) in [7, 11) is 1.74. The van der Waals surface area contributed by atoms with Crippen molar-refractivity contribution in [1.82, 2.24) is 0 Å². The molecule has 0 heterocycles. The third-order valence-electron chi connectivity index (χ3n) is 2.62. The van der Waals surface area contributed by atoms with Crippen molar-refractivity contribution in [2.75, 3.05) is 11.9 Å². The topological polar surface area (TPSA) is 20.3 Å². The fraction of sp³-hybridized carbons (Fsp3) is 0.0714. The quantitative estimate of drug-likeness (QED) is 0.752. The molecule has 17 heavy (non-hydrogen) atoms. The summed E-state index contributed by atoms with van der Waals surface area (Å²) < 4.78 is 13.8. The van der Waals surface area contributed by atoms with Gasteiger partial charge in [0, 0.05) is 18.3 Å². The molecule has 0 aromatic heterocycles. The Balaban J connectivity index is 2.50. The number of benzene rings is 2. The molecule has 0 saturated heterocycles. The normalized spacial score (nSPS) is 10.0. The average Bonchev–Trinajstić information content (AvgIpc) is 2.38.